The van der Waals surface area contributed by atoms with Gasteiger partial charge in [-0.15, -0.1) is 0 Å². The van der Waals surface area contributed by atoms with E-state index < -0.39 is 18.3 Å². The van der Waals surface area contributed by atoms with Gasteiger partial charge in [-0.05, 0) is 33.8 Å². The van der Waals surface area contributed by atoms with Crippen LogP contribution in [0.1, 0.15) is 27.7 Å². The maximum absolute atomic E-state index is 6.08. The fraction of sp³-hybridized carbons (Fsp3) is 0.545. The summed E-state index contributed by atoms with van der Waals surface area (Å²) in [5.41, 5.74) is -0.0710. The molecule has 0 atom stereocenters. The van der Waals surface area contributed by atoms with E-state index in [1.807, 2.05) is 27.7 Å². The number of aromatic nitrogens is 1. The van der Waals surface area contributed by atoms with Crippen LogP contribution in [0.4, 0.5) is 0 Å². The van der Waals surface area contributed by atoms with Gasteiger partial charge in [0.1, 0.15) is 5.15 Å². The first-order chi connectivity index (χ1) is 7.73. The van der Waals surface area contributed by atoms with Crippen LogP contribution in [0.25, 0.3) is 0 Å². The van der Waals surface area contributed by atoms with Gasteiger partial charge in [-0.25, -0.2) is 4.98 Å². The van der Waals surface area contributed by atoms with Crippen LogP contribution >= 0.6 is 23.2 Å². The molecule has 3 nitrogen and oxygen atoms in total. The molecular weight excluding hydrogens is 260 g/mol. The smallest absolute Gasteiger partial charge is 0.399 e. The topological polar surface area (TPSA) is 31.4 Å². The van der Waals surface area contributed by atoms with Crippen LogP contribution in [-0.2, 0) is 9.31 Å². The van der Waals surface area contributed by atoms with E-state index in [1.165, 1.54) is 6.20 Å². The molecule has 92 valence electrons. The minimum Gasteiger partial charge on any atom is -0.399 e. The molecule has 6 heteroatoms. The summed E-state index contributed by atoms with van der Waals surface area (Å²) in [6, 6.07) is 1.67. The number of pyridine rings is 1. The molecule has 2 rings (SSSR count). The zero-order valence-electron chi connectivity index (χ0n) is 10.3. The zero-order chi connectivity index (χ0) is 12.8. The number of hydrogen-bond acceptors (Lipinski definition) is 3. The largest absolute Gasteiger partial charge is 0.496 e. The lowest BCUT2D eigenvalue weighted by Crippen LogP contribution is -2.41. The maximum Gasteiger partial charge on any atom is 0.496 e. The van der Waals surface area contributed by atoms with Gasteiger partial charge in [0, 0.05) is 11.7 Å². The second-order valence-electron chi connectivity index (χ2n) is 5.12. The van der Waals surface area contributed by atoms with Crippen LogP contribution in [0.15, 0.2) is 12.3 Å². The van der Waals surface area contributed by atoms with Gasteiger partial charge in [-0.3, -0.25) is 0 Å². The van der Waals surface area contributed by atoms with E-state index in [0.29, 0.717) is 15.6 Å². The van der Waals surface area contributed by atoms with Gasteiger partial charge < -0.3 is 9.31 Å². The molecule has 1 aliphatic heterocycles. The van der Waals surface area contributed by atoms with E-state index in [2.05, 4.69) is 4.98 Å². The Balaban J connectivity index is 2.35. The van der Waals surface area contributed by atoms with Gasteiger partial charge in [0.15, 0.2) is 0 Å². The van der Waals surface area contributed by atoms with Crippen molar-refractivity contribution in [2.75, 3.05) is 0 Å². The van der Waals surface area contributed by atoms with Crippen LogP contribution in [-0.4, -0.2) is 23.3 Å². The summed E-state index contributed by atoms with van der Waals surface area (Å²) in [6.45, 7) is 7.96. The quantitative estimate of drug-likeness (QED) is 0.582. The summed E-state index contributed by atoms with van der Waals surface area (Å²) in [5, 5.41) is 0.868. The Bertz CT molecular complexity index is 435. The van der Waals surface area contributed by atoms with Gasteiger partial charge in [-0.2, -0.15) is 0 Å². The van der Waals surface area contributed by atoms with Crippen molar-refractivity contribution in [1.82, 2.24) is 4.98 Å². The highest BCUT2D eigenvalue weighted by molar-refractivity contribution is 6.65. The Morgan fingerprint density at radius 2 is 1.65 bits per heavy atom. The molecule has 0 saturated carbocycles. The average molecular weight is 274 g/mol. The maximum atomic E-state index is 6.08. The van der Waals surface area contributed by atoms with Crippen molar-refractivity contribution >= 4 is 35.8 Å². The lowest BCUT2D eigenvalue weighted by molar-refractivity contribution is 0.00578. The SMILES string of the molecule is CC1(C)OB(c2cc(Cl)ncc2Cl)OC1(C)C. The molecule has 1 saturated heterocycles. The van der Waals surface area contributed by atoms with Crippen LogP contribution in [0.2, 0.25) is 10.2 Å². The lowest BCUT2D eigenvalue weighted by Gasteiger charge is -2.32. The molecule has 0 aromatic carbocycles. The Hall–Kier alpha value is -0.285. The summed E-state index contributed by atoms with van der Waals surface area (Å²) in [6.07, 6.45) is 1.50. The summed E-state index contributed by atoms with van der Waals surface area (Å²) in [4.78, 5) is 3.91. The summed E-state index contributed by atoms with van der Waals surface area (Å²) < 4.78 is 11.8. The number of nitrogens with zero attached hydrogens (tertiary/aromatic N) is 1. The Labute approximate surface area is 112 Å². The first-order valence-corrected chi connectivity index (χ1v) is 6.15. The predicted molar refractivity (Wildman–Crippen MR) is 70.0 cm³/mol. The van der Waals surface area contributed by atoms with Crippen molar-refractivity contribution < 1.29 is 9.31 Å². The second kappa shape index (κ2) is 4.13. The number of rotatable bonds is 1. The molecule has 1 fully saturated rings. The van der Waals surface area contributed by atoms with Crippen molar-refractivity contribution in [3.05, 3.63) is 22.4 Å². The first kappa shape index (κ1) is 13.2. The van der Waals surface area contributed by atoms with Gasteiger partial charge in [0.05, 0.1) is 16.2 Å². The molecule has 0 aliphatic carbocycles. The van der Waals surface area contributed by atoms with E-state index in [-0.39, 0.29) is 0 Å². The van der Waals surface area contributed by atoms with Crippen LogP contribution in [0.3, 0.4) is 0 Å². The second-order valence-corrected chi connectivity index (χ2v) is 5.91. The number of halogens is 2. The fourth-order valence-electron chi connectivity index (χ4n) is 1.58. The van der Waals surface area contributed by atoms with Crippen LogP contribution in [0, 0.1) is 0 Å². The molecule has 0 N–H and O–H groups in total. The van der Waals surface area contributed by atoms with Gasteiger partial charge in [-0.1, -0.05) is 23.2 Å². The number of hydrogen-bond donors (Lipinski definition) is 0. The Kier molecular flexibility index (Phi) is 3.19. The van der Waals surface area contributed by atoms with Crippen LogP contribution < -0.4 is 5.46 Å². The molecule has 0 radical (unpaired) electrons. The third kappa shape index (κ3) is 2.32. The minimum atomic E-state index is -0.506. The average Bonchev–Trinajstić information content (AvgIpc) is 2.40. The van der Waals surface area contributed by atoms with E-state index in [1.54, 1.807) is 6.07 Å². The van der Waals surface area contributed by atoms with Crippen LogP contribution in [0.5, 0.6) is 0 Å². The molecular formula is C11H14BCl2NO2. The first-order valence-electron chi connectivity index (χ1n) is 5.39. The van der Waals surface area contributed by atoms with E-state index in [4.69, 9.17) is 32.5 Å². The molecule has 0 amide bonds. The molecule has 2 heterocycles. The van der Waals surface area contributed by atoms with Crippen molar-refractivity contribution in [3.8, 4) is 0 Å². The highest BCUT2D eigenvalue weighted by Crippen LogP contribution is 2.37. The normalized spacial score (nSPS) is 21.9. The summed E-state index contributed by atoms with van der Waals surface area (Å²) in [5.74, 6) is 0. The Morgan fingerprint density at radius 3 is 2.18 bits per heavy atom. The van der Waals surface area contributed by atoms with Gasteiger partial charge in [0.2, 0.25) is 0 Å². The standard InChI is InChI=1S/C11H14BCl2NO2/c1-10(2)11(3,4)17-12(16-10)7-5-9(14)15-6-8(7)13/h5-6H,1-4H3. The van der Waals surface area contributed by atoms with Crippen molar-refractivity contribution in [2.45, 2.75) is 38.9 Å². The molecule has 0 bridgehead atoms. The molecule has 1 aliphatic rings. The van der Waals surface area contributed by atoms with E-state index >= 15 is 0 Å². The molecule has 17 heavy (non-hydrogen) atoms. The minimum absolute atomic E-state index is 0.374. The van der Waals surface area contributed by atoms with Gasteiger partial charge >= 0.3 is 7.12 Å². The van der Waals surface area contributed by atoms with E-state index in [0.717, 1.165) is 0 Å². The third-order valence-corrected chi connectivity index (χ3v) is 3.88. The molecule has 1 aromatic rings. The summed E-state index contributed by atoms with van der Waals surface area (Å²) >= 11 is 11.9. The lowest BCUT2D eigenvalue weighted by atomic mass is 9.80. The predicted octanol–water partition coefficient (Wildman–Crippen LogP) is 2.69. The third-order valence-electron chi connectivity index (χ3n) is 3.36. The van der Waals surface area contributed by atoms with Crippen molar-refractivity contribution in [1.29, 1.82) is 0 Å². The Morgan fingerprint density at radius 1 is 1.12 bits per heavy atom. The highest BCUT2D eigenvalue weighted by Gasteiger charge is 2.52. The molecule has 0 spiro atoms. The molecule has 1 aromatic heterocycles. The zero-order valence-corrected chi connectivity index (χ0v) is 11.8. The fourth-order valence-corrected chi connectivity index (χ4v) is 1.94. The van der Waals surface area contributed by atoms with Crippen molar-refractivity contribution in [3.63, 3.8) is 0 Å². The van der Waals surface area contributed by atoms with E-state index in [9.17, 15) is 0 Å². The van der Waals surface area contributed by atoms with Crippen molar-refractivity contribution in [2.24, 2.45) is 0 Å². The van der Waals surface area contributed by atoms with Gasteiger partial charge in [0.25, 0.3) is 0 Å². The highest BCUT2D eigenvalue weighted by atomic mass is 35.5. The summed E-state index contributed by atoms with van der Waals surface area (Å²) in [7, 11) is -0.506. The monoisotopic (exact) mass is 273 g/mol. The molecule has 0 unspecified atom stereocenters.